The first-order valence-electron chi connectivity index (χ1n) is 5.33. The van der Waals surface area contributed by atoms with E-state index in [0.717, 1.165) is 27.8 Å². The molecule has 1 N–H and O–H groups in total. The molecule has 0 aliphatic heterocycles. The van der Waals surface area contributed by atoms with E-state index in [4.69, 9.17) is 0 Å². The van der Waals surface area contributed by atoms with Crippen molar-refractivity contribution in [3.05, 3.63) is 53.3 Å². The van der Waals surface area contributed by atoms with Crippen LogP contribution in [0.1, 0.15) is 16.7 Å². The fourth-order valence-corrected chi connectivity index (χ4v) is 1.94. The van der Waals surface area contributed by atoms with Crippen LogP contribution in [0.4, 0.5) is 0 Å². The van der Waals surface area contributed by atoms with Crippen LogP contribution >= 0.6 is 0 Å². The van der Waals surface area contributed by atoms with Crippen LogP contribution in [0.2, 0.25) is 0 Å². The highest BCUT2D eigenvalue weighted by Gasteiger charge is 2.05. The molecule has 0 bridgehead atoms. The van der Waals surface area contributed by atoms with Crippen LogP contribution < -0.4 is 0 Å². The van der Waals surface area contributed by atoms with Gasteiger partial charge in [0.1, 0.15) is 0 Å². The van der Waals surface area contributed by atoms with Crippen molar-refractivity contribution in [2.45, 2.75) is 20.5 Å². The molecule has 2 rings (SSSR count). The van der Waals surface area contributed by atoms with Crippen molar-refractivity contribution in [2.75, 3.05) is 0 Å². The van der Waals surface area contributed by atoms with Crippen LogP contribution in [-0.2, 0) is 6.61 Å². The zero-order chi connectivity index (χ0) is 11.5. The minimum absolute atomic E-state index is 0.102. The van der Waals surface area contributed by atoms with Gasteiger partial charge in [0, 0.05) is 18.0 Å². The van der Waals surface area contributed by atoms with E-state index in [1.807, 2.05) is 32.2 Å². The van der Waals surface area contributed by atoms with Crippen molar-refractivity contribution in [2.24, 2.45) is 0 Å². The summed E-state index contributed by atoms with van der Waals surface area (Å²) in [5.41, 5.74) is 5.54. The molecule has 0 saturated heterocycles. The molecule has 0 unspecified atom stereocenters. The van der Waals surface area contributed by atoms with Crippen molar-refractivity contribution in [1.29, 1.82) is 0 Å². The van der Waals surface area contributed by atoms with E-state index in [9.17, 15) is 5.11 Å². The molecule has 0 amide bonds. The van der Waals surface area contributed by atoms with Crippen LogP contribution in [-0.4, -0.2) is 10.1 Å². The molecule has 82 valence electrons. The summed E-state index contributed by atoms with van der Waals surface area (Å²) >= 11 is 0. The molecule has 1 aromatic carbocycles. The zero-order valence-corrected chi connectivity index (χ0v) is 9.57. The van der Waals surface area contributed by atoms with Crippen molar-refractivity contribution >= 4 is 0 Å². The number of benzene rings is 1. The normalized spacial score (nSPS) is 10.4. The van der Waals surface area contributed by atoms with E-state index in [2.05, 4.69) is 17.1 Å². The quantitative estimate of drug-likeness (QED) is 0.832. The van der Waals surface area contributed by atoms with E-state index >= 15 is 0 Å². The number of aromatic nitrogens is 1. The van der Waals surface area contributed by atoms with Gasteiger partial charge in [-0.25, -0.2) is 0 Å². The maximum Gasteiger partial charge on any atom is 0.0686 e. The highest BCUT2D eigenvalue weighted by atomic mass is 16.3. The minimum Gasteiger partial charge on any atom is -0.392 e. The monoisotopic (exact) mass is 213 g/mol. The zero-order valence-electron chi connectivity index (χ0n) is 9.57. The predicted molar refractivity (Wildman–Crippen MR) is 65.1 cm³/mol. The molecule has 0 fully saturated rings. The molecule has 2 nitrogen and oxygen atoms in total. The lowest BCUT2D eigenvalue weighted by molar-refractivity contribution is 0.280. The Bertz CT molecular complexity index is 468. The lowest BCUT2D eigenvalue weighted by Gasteiger charge is -2.10. The lowest BCUT2D eigenvalue weighted by atomic mass is 9.97. The second-order valence-corrected chi connectivity index (χ2v) is 3.99. The molecular formula is C14H15NO. The summed E-state index contributed by atoms with van der Waals surface area (Å²) in [7, 11) is 0. The van der Waals surface area contributed by atoms with Gasteiger partial charge in [0.2, 0.25) is 0 Å². The van der Waals surface area contributed by atoms with Gasteiger partial charge < -0.3 is 5.11 Å². The first kappa shape index (κ1) is 10.8. The van der Waals surface area contributed by atoms with Crippen molar-refractivity contribution in [3.63, 3.8) is 0 Å². The summed E-state index contributed by atoms with van der Waals surface area (Å²) in [4.78, 5) is 4.11. The van der Waals surface area contributed by atoms with Gasteiger partial charge in [0.15, 0.2) is 0 Å². The van der Waals surface area contributed by atoms with Crippen LogP contribution in [0, 0.1) is 13.8 Å². The topological polar surface area (TPSA) is 33.1 Å². The Balaban J connectivity index is 2.53. The number of hydrogen-bond acceptors (Lipinski definition) is 2. The van der Waals surface area contributed by atoms with Crippen molar-refractivity contribution in [3.8, 4) is 11.1 Å². The second-order valence-electron chi connectivity index (χ2n) is 3.99. The molecule has 0 aliphatic carbocycles. The average Bonchev–Trinajstić information content (AvgIpc) is 2.30. The van der Waals surface area contributed by atoms with E-state index in [-0.39, 0.29) is 6.61 Å². The van der Waals surface area contributed by atoms with Gasteiger partial charge in [-0.05, 0) is 42.2 Å². The van der Waals surface area contributed by atoms with Gasteiger partial charge in [0.25, 0.3) is 0 Å². The third-order valence-corrected chi connectivity index (χ3v) is 2.85. The molecule has 16 heavy (non-hydrogen) atoms. The molecule has 2 heteroatoms. The minimum atomic E-state index is 0.102. The highest BCUT2D eigenvalue weighted by Crippen LogP contribution is 2.24. The second kappa shape index (κ2) is 4.45. The SMILES string of the molecule is Cc1cc(-c2cccnc2)cc(C)c1CO. The summed E-state index contributed by atoms with van der Waals surface area (Å²) in [5.74, 6) is 0. The van der Waals surface area contributed by atoms with Crippen molar-refractivity contribution in [1.82, 2.24) is 4.98 Å². The number of rotatable bonds is 2. The molecular weight excluding hydrogens is 198 g/mol. The third-order valence-electron chi connectivity index (χ3n) is 2.85. The Kier molecular flexibility index (Phi) is 3.02. The van der Waals surface area contributed by atoms with E-state index < -0.39 is 0 Å². The first-order chi connectivity index (χ1) is 7.72. The smallest absolute Gasteiger partial charge is 0.0686 e. The van der Waals surface area contributed by atoms with Gasteiger partial charge in [-0.15, -0.1) is 0 Å². The summed E-state index contributed by atoms with van der Waals surface area (Å²) < 4.78 is 0. The Morgan fingerprint density at radius 2 is 1.81 bits per heavy atom. The third kappa shape index (κ3) is 1.97. The number of aryl methyl sites for hydroxylation is 2. The van der Waals surface area contributed by atoms with Gasteiger partial charge in [0.05, 0.1) is 6.61 Å². The molecule has 2 aromatic rings. The number of aliphatic hydroxyl groups excluding tert-OH is 1. The summed E-state index contributed by atoms with van der Waals surface area (Å²) in [6, 6.07) is 8.16. The lowest BCUT2D eigenvalue weighted by Crippen LogP contribution is -1.94. The standard InChI is InChI=1S/C14H15NO/c1-10-6-13(7-11(2)14(10)9-16)12-4-3-5-15-8-12/h3-8,16H,9H2,1-2H3. The predicted octanol–water partition coefficient (Wildman–Crippen LogP) is 2.86. The van der Waals surface area contributed by atoms with Crippen LogP contribution in [0.15, 0.2) is 36.7 Å². The number of hydrogen-bond donors (Lipinski definition) is 1. The molecule has 0 saturated carbocycles. The van der Waals surface area contributed by atoms with Gasteiger partial charge in [-0.1, -0.05) is 18.2 Å². The molecule has 1 aromatic heterocycles. The highest BCUT2D eigenvalue weighted by molar-refractivity contribution is 5.65. The maximum absolute atomic E-state index is 9.25. The molecule has 0 aliphatic rings. The summed E-state index contributed by atoms with van der Waals surface area (Å²) in [5, 5.41) is 9.25. The molecule has 0 radical (unpaired) electrons. The fraction of sp³-hybridized carbons (Fsp3) is 0.214. The van der Waals surface area contributed by atoms with Gasteiger partial charge in [-0.2, -0.15) is 0 Å². The Hall–Kier alpha value is -1.67. The first-order valence-corrected chi connectivity index (χ1v) is 5.33. The van der Waals surface area contributed by atoms with Gasteiger partial charge >= 0.3 is 0 Å². The summed E-state index contributed by atoms with van der Waals surface area (Å²) in [6.07, 6.45) is 3.62. The number of aliphatic hydroxyl groups is 1. The van der Waals surface area contributed by atoms with Crippen LogP contribution in [0.3, 0.4) is 0 Å². The van der Waals surface area contributed by atoms with E-state index in [1.54, 1.807) is 6.20 Å². The fourth-order valence-electron chi connectivity index (χ4n) is 1.94. The number of pyridine rings is 1. The molecule has 0 spiro atoms. The van der Waals surface area contributed by atoms with Crippen LogP contribution in [0.5, 0.6) is 0 Å². The number of nitrogens with zero attached hydrogens (tertiary/aromatic N) is 1. The van der Waals surface area contributed by atoms with Crippen molar-refractivity contribution < 1.29 is 5.11 Å². The Morgan fingerprint density at radius 1 is 1.12 bits per heavy atom. The van der Waals surface area contributed by atoms with Crippen LogP contribution in [0.25, 0.3) is 11.1 Å². The molecule has 1 heterocycles. The Labute approximate surface area is 95.6 Å². The average molecular weight is 213 g/mol. The van der Waals surface area contributed by atoms with Gasteiger partial charge in [-0.3, -0.25) is 4.98 Å². The van der Waals surface area contributed by atoms with E-state index in [0.29, 0.717) is 0 Å². The largest absolute Gasteiger partial charge is 0.392 e. The Morgan fingerprint density at radius 3 is 2.31 bits per heavy atom. The maximum atomic E-state index is 9.25. The molecule has 0 atom stereocenters. The summed E-state index contributed by atoms with van der Waals surface area (Å²) in [6.45, 7) is 4.15. The van der Waals surface area contributed by atoms with E-state index in [1.165, 1.54) is 0 Å².